The highest BCUT2D eigenvalue weighted by molar-refractivity contribution is 5.89. The Morgan fingerprint density at radius 2 is 1.58 bits per heavy atom. The second kappa shape index (κ2) is 13.3. The molecule has 10 bridgehead atoms. The zero-order valence-corrected chi connectivity index (χ0v) is 33.6. The summed E-state index contributed by atoms with van der Waals surface area (Å²) in [5, 5.41) is 63.4. The number of hydrogen-bond donors (Lipinski definition) is 5. The van der Waals surface area contributed by atoms with Gasteiger partial charge < -0.3 is 54.0 Å². The predicted octanol–water partition coefficient (Wildman–Crippen LogP) is 3.31. The Hall–Kier alpha value is -3.50. The average Bonchev–Trinajstić information content (AvgIpc) is 3.79. The average molecular weight is 815 g/mol. The summed E-state index contributed by atoms with van der Waals surface area (Å²) in [6, 6.07) is 17.7. The highest BCUT2D eigenvalue weighted by Gasteiger charge is 2.91. The third-order valence-corrected chi connectivity index (χ3v) is 16.2. The van der Waals surface area contributed by atoms with Gasteiger partial charge in [0.05, 0.1) is 23.4 Å². The van der Waals surface area contributed by atoms with E-state index >= 15 is 0 Å². The molecule has 13 nitrogen and oxygen atoms in total. The first kappa shape index (κ1) is 39.6. The zero-order chi connectivity index (χ0) is 41.5. The van der Waals surface area contributed by atoms with E-state index in [2.05, 4.69) is 6.92 Å². The molecular weight excluding hydrogens is 760 g/mol. The maximum absolute atomic E-state index is 13.7. The molecule has 2 aromatic rings. The fourth-order valence-corrected chi connectivity index (χ4v) is 13.3. The Balaban J connectivity index is 1.14. The van der Waals surface area contributed by atoms with E-state index in [9.17, 15) is 35.1 Å². The van der Waals surface area contributed by atoms with Crippen LogP contribution < -0.4 is 0 Å². The summed E-state index contributed by atoms with van der Waals surface area (Å²) in [6.07, 6.45) is 0.608. The Kier molecular flexibility index (Phi) is 8.90. The van der Waals surface area contributed by atoms with Crippen LogP contribution in [0.2, 0.25) is 0 Å². The molecule has 1 spiro atoms. The molecule has 5 heterocycles. The smallest absolute Gasteiger partial charge is 0.338 e. The molecule has 0 aromatic heterocycles. The van der Waals surface area contributed by atoms with Crippen molar-refractivity contribution in [2.75, 3.05) is 6.61 Å². The number of carbonyl (C=O) groups is 2. The lowest BCUT2D eigenvalue weighted by atomic mass is 9.49. The normalized spacial score (nSPS) is 52.8. The van der Waals surface area contributed by atoms with Crippen LogP contribution in [0.4, 0.5) is 0 Å². The van der Waals surface area contributed by atoms with Crippen molar-refractivity contribution < 1.29 is 63.5 Å². The van der Waals surface area contributed by atoms with Crippen LogP contribution in [0.5, 0.6) is 0 Å². The van der Waals surface area contributed by atoms with Gasteiger partial charge in [0.1, 0.15) is 53.4 Å². The molecule has 19 atom stereocenters. The second-order valence-electron chi connectivity index (χ2n) is 19.0. The van der Waals surface area contributed by atoms with Gasteiger partial charge in [-0.2, -0.15) is 0 Å². The molecule has 0 amide bonds. The van der Waals surface area contributed by atoms with Crippen molar-refractivity contribution in [1.29, 1.82) is 0 Å². The molecule has 9 aliphatic rings. The van der Waals surface area contributed by atoms with Crippen molar-refractivity contribution in [1.82, 2.24) is 0 Å². The fourth-order valence-electron chi connectivity index (χ4n) is 13.3. The molecule has 13 heteroatoms. The summed E-state index contributed by atoms with van der Waals surface area (Å²) in [7, 11) is 0. The summed E-state index contributed by atoms with van der Waals surface area (Å²) in [5.74, 6) is -6.79. The van der Waals surface area contributed by atoms with Gasteiger partial charge in [-0.3, -0.25) is 0 Å². The van der Waals surface area contributed by atoms with E-state index in [1.165, 1.54) is 12.2 Å². The minimum absolute atomic E-state index is 0.102. The van der Waals surface area contributed by atoms with Crippen molar-refractivity contribution in [2.24, 2.45) is 41.4 Å². The SMILES string of the molecule is CC1[C@H]2O[C@@]3(c4ccccc4)O[C@@H]4[C@@H]5[C@@H]6O[C@]6(CO)[C@@H](O)[C@]6(O)[C@@H](OC(=O)/C=C/C=C\[C@@H](OC(=O)c7ccccc7)[C@H]7CC[C@H](C[C@@](C)(O)[C@]24O)[C@@H]7C)[C@@H](C)C[C@H]6[C@@]15O3. The number of rotatable bonds is 4. The van der Waals surface area contributed by atoms with Gasteiger partial charge in [-0.1, -0.05) is 81.5 Å². The van der Waals surface area contributed by atoms with Gasteiger partial charge in [0.15, 0.2) is 0 Å². The standard InChI is InChI=1S/C46H54O13/c1-24-21-32-43(52)35(24)55-33(48)18-12-11-17-31(54-39(49)27-13-7-5-8-14-27)30-20-19-28(25(30)2)22-41(4,51)45(53)36-26(3)44(32)34(37-42(23-47,56-37)40(43)50)38(45)58-46(57-36,59-44)29-15-9-6-10-16-29/h5-18,24-26,28,30-32,34-38,40,47,50-53H,19-23H2,1-4H3/b17-11-,18-12+/t24-,25-,26?,28+,30-,31+,32+,34-,35-,36+,37-,38+,40+,41+,42-,43+,44-,45-,46-/m0/s1. The zero-order valence-electron chi connectivity index (χ0n) is 33.6. The monoisotopic (exact) mass is 814 g/mol. The summed E-state index contributed by atoms with van der Waals surface area (Å²) < 4.78 is 39.7. The van der Waals surface area contributed by atoms with Crippen molar-refractivity contribution >= 4 is 11.9 Å². The molecule has 4 saturated carbocycles. The molecule has 4 saturated heterocycles. The van der Waals surface area contributed by atoms with Crippen LogP contribution in [0.25, 0.3) is 0 Å². The molecule has 8 fully saturated rings. The number of hydrogen-bond acceptors (Lipinski definition) is 13. The Labute approximate surface area is 342 Å². The van der Waals surface area contributed by atoms with Crippen LogP contribution >= 0.6 is 0 Å². The molecule has 0 radical (unpaired) electrons. The molecule has 5 N–H and O–H groups in total. The van der Waals surface area contributed by atoms with E-state index in [1.54, 1.807) is 55.5 Å². The summed E-state index contributed by atoms with van der Waals surface area (Å²) in [4.78, 5) is 27.2. The van der Waals surface area contributed by atoms with Crippen LogP contribution in [-0.2, 0) is 39.2 Å². The maximum Gasteiger partial charge on any atom is 0.338 e. The van der Waals surface area contributed by atoms with Gasteiger partial charge >= 0.3 is 17.9 Å². The summed E-state index contributed by atoms with van der Waals surface area (Å²) in [5.41, 5.74) is -8.50. The Morgan fingerprint density at radius 1 is 0.881 bits per heavy atom. The lowest BCUT2D eigenvalue weighted by Crippen LogP contribution is -2.89. The molecule has 4 aliphatic carbocycles. The van der Waals surface area contributed by atoms with Gasteiger partial charge in [-0.15, -0.1) is 0 Å². The molecule has 59 heavy (non-hydrogen) atoms. The van der Waals surface area contributed by atoms with Crippen molar-refractivity contribution in [3.8, 4) is 0 Å². The second-order valence-corrected chi connectivity index (χ2v) is 19.0. The van der Waals surface area contributed by atoms with Crippen molar-refractivity contribution in [3.05, 3.63) is 96.1 Å². The number of aliphatic hydroxyl groups is 5. The van der Waals surface area contributed by atoms with E-state index < -0.39 is 113 Å². The largest absolute Gasteiger partial charge is 0.456 e. The summed E-state index contributed by atoms with van der Waals surface area (Å²) in [6.45, 7) is 6.66. The minimum atomic E-state index is -2.22. The third-order valence-electron chi connectivity index (χ3n) is 16.2. The number of benzene rings is 2. The van der Waals surface area contributed by atoms with Crippen LogP contribution in [0.1, 0.15) is 69.3 Å². The number of allylic oxidation sites excluding steroid dienone is 2. The Bertz CT molecular complexity index is 2060. The van der Waals surface area contributed by atoms with E-state index in [4.69, 9.17) is 28.4 Å². The first-order valence-electron chi connectivity index (χ1n) is 21.2. The Morgan fingerprint density at radius 3 is 2.29 bits per heavy atom. The highest BCUT2D eigenvalue weighted by atomic mass is 16.9. The minimum Gasteiger partial charge on any atom is -0.456 e. The van der Waals surface area contributed by atoms with E-state index in [0.29, 0.717) is 24.0 Å². The van der Waals surface area contributed by atoms with E-state index in [1.807, 2.05) is 38.1 Å². The maximum atomic E-state index is 13.7. The van der Waals surface area contributed by atoms with Crippen LogP contribution in [0.15, 0.2) is 85.0 Å². The molecule has 11 rings (SSSR count). The molecule has 316 valence electrons. The molecule has 2 aromatic carbocycles. The quantitative estimate of drug-likeness (QED) is 0.223. The third kappa shape index (κ3) is 5.17. The topological polar surface area (TPSA) is 194 Å². The predicted molar refractivity (Wildman–Crippen MR) is 207 cm³/mol. The van der Waals surface area contributed by atoms with Gasteiger partial charge in [0, 0.05) is 35.3 Å². The number of epoxide rings is 1. The van der Waals surface area contributed by atoms with Gasteiger partial charge in [0.25, 0.3) is 0 Å². The van der Waals surface area contributed by atoms with Gasteiger partial charge in [-0.05, 0) is 68.6 Å². The van der Waals surface area contributed by atoms with E-state index in [0.717, 1.165) is 0 Å². The number of esters is 2. The number of ether oxygens (including phenoxy) is 6. The van der Waals surface area contributed by atoms with Crippen LogP contribution in [0, 0.1) is 41.4 Å². The number of carbonyl (C=O) groups excluding carboxylic acids is 2. The lowest BCUT2D eigenvalue weighted by molar-refractivity contribution is -0.595. The molecule has 5 aliphatic heterocycles. The summed E-state index contributed by atoms with van der Waals surface area (Å²) >= 11 is 0. The number of fused-ring (bicyclic) bond motifs is 3. The first-order valence-corrected chi connectivity index (χ1v) is 21.2. The van der Waals surface area contributed by atoms with Crippen molar-refractivity contribution in [3.63, 3.8) is 0 Å². The van der Waals surface area contributed by atoms with Crippen molar-refractivity contribution in [2.45, 2.75) is 124 Å². The van der Waals surface area contributed by atoms with Gasteiger partial charge in [0.2, 0.25) is 0 Å². The first-order chi connectivity index (χ1) is 28.1. The number of aliphatic hydroxyl groups excluding tert-OH is 2. The van der Waals surface area contributed by atoms with E-state index in [-0.39, 0.29) is 30.6 Å². The molecule has 1 unspecified atom stereocenters. The van der Waals surface area contributed by atoms with Crippen LogP contribution in [0.3, 0.4) is 0 Å². The van der Waals surface area contributed by atoms with Gasteiger partial charge in [-0.25, -0.2) is 9.59 Å². The van der Waals surface area contributed by atoms with Crippen LogP contribution in [-0.4, -0.2) is 109 Å². The fraction of sp³-hybridized carbons (Fsp3) is 0.609. The molecular formula is C46H54O13. The highest BCUT2D eigenvalue weighted by Crippen LogP contribution is 2.75. The lowest BCUT2D eigenvalue weighted by Gasteiger charge is -2.74.